The summed E-state index contributed by atoms with van der Waals surface area (Å²) >= 11 is 3.01. The van der Waals surface area contributed by atoms with Crippen molar-refractivity contribution in [1.29, 1.82) is 0 Å². The van der Waals surface area contributed by atoms with E-state index in [9.17, 15) is 4.79 Å². The van der Waals surface area contributed by atoms with Crippen LogP contribution >= 0.6 is 23.1 Å². The third-order valence-electron chi connectivity index (χ3n) is 4.01. The first-order chi connectivity index (χ1) is 11.3. The van der Waals surface area contributed by atoms with Crippen LogP contribution in [-0.2, 0) is 4.79 Å². The van der Waals surface area contributed by atoms with Crippen molar-refractivity contribution in [1.82, 2.24) is 15.5 Å². The van der Waals surface area contributed by atoms with Gasteiger partial charge in [0.15, 0.2) is 4.34 Å². The Bertz CT molecular complexity index is 459. The van der Waals surface area contributed by atoms with Gasteiger partial charge in [0.1, 0.15) is 0 Å². The van der Waals surface area contributed by atoms with Gasteiger partial charge in [0, 0.05) is 12.6 Å². The maximum absolute atomic E-state index is 12.1. The molecule has 23 heavy (non-hydrogen) atoms. The highest BCUT2D eigenvalue weighted by atomic mass is 32.2. The number of carbonyl (C=O) groups excluding carboxylic acids is 1. The van der Waals surface area contributed by atoms with Gasteiger partial charge in [-0.25, -0.2) is 0 Å². The standard InChI is InChI=1S/C16H28N4OS2/c1-2-3-11-17-15-19-20-16(23-15)22-12-14(21)18-13-9-7-5-4-6-8-10-13/h13H,2-12H2,1H3,(H,17,19)(H,18,21). The first-order valence-electron chi connectivity index (χ1n) is 8.77. The zero-order valence-corrected chi connectivity index (χ0v) is 15.6. The number of carbonyl (C=O) groups is 1. The SMILES string of the molecule is CCCCNc1nnc(SCC(=O)NC2CCCCCCC2)s1. The topological polar surface area (TPSA) is 66.9 Å². The Kier molecular flexibility index (Phi) is 8.74. The molecule has 0 bridgehead atoms. The summed E-state index contributed by atoms with van der Waals surface area (Å²) in [6.07, 6.45) is 11.0. The second-order valence-corrected chi connectivity index (χ2v) is 8.25. The lowest BCUT2D eigenvalue weighted by molar-refractivity contribution is -0.119. The second kappa shape index (κ2) is 10.9. The summed E-state index contributed by atoms with van der Waals surface area (Å²) in [6.45, 7) is 3.09. The van der Waals surface area contributed by atoms with Gasteiger partial charge >= 0.3 is 0 Å². The molecule has 1 aromatic rings. The highest BCUT2D eigenvalue weighted by molar-refractivity contribution is 8.01. The van der Waals surface area contributed by atoms with Crippen molar-refractivity contribution in [3.05, 3.63) is 0 Å². The van der Waals surface area contributed by atoms with Gasteiger partial charge in [-0.3, -0.25) is 4.79 Å². The Morgan fingerprint density at radius 2 is 1.96 bits per heavy atom. The largest absolute Gasteiger partial charge is 0.360 e. The highest BCUT2D eigenvalue weighted by Gasteiger charge is 2.15. The molecule has 1 fully saturated rings. The van der Waals surface area contributed by atoms with Crippen molar-refractivity contribution in [3.63, 3.8) is 0 Å². The number of hydrogen-bond acceptors (Lipinski definition) is 6. The summed E-state index contributed by atoms with van der Waals surface area (Å²) in [5.74, 6) is 0.552. The number of thioether (sulfide) groups is 1. The van der Waals surface area contributed by atoms with E-state index in [1.165, 1.54) is 55.2 Å². The maximum Gasteiger partial charge on any atom is 0.230 e. The molecule has 0 saturated heterocycles. The molecule has 0 aromatic carbocycles. The van der Waals surface area contributed by atoms with Gasteiger partial charge in [-0.1, -0.05) is 68.5 Å². The van der Waals surface area contributed by atoms with Crippen LogP contribution in [0.3, 0.4) is 0 Å². The van der Waals surface area contributed by atoms with Crippen LogP contribution in [0.25, 0.3) is 0 Å². The van der Waals surface area contributed by atoms with Crippen LogP contribution in [0.15, 0.2) is 4.34 Å². The molecule has 7 heteroatoms. The molecule has 2 N–H and O–H groups in total. The van der Waals surface area contributed by atoms with E-state index in [4.69, 9.17) is 0 Å². The van der Waals surface area contributed by atoms with E-state index in [-0.39, 0.29) is 5.91 Å². The number of anilines is 1. The number of hydrogen-bond donors (Lipinski definition) is 2. The lowest BCUT2D eigenvalue weighted by atomic mass is 9.97. The smallest absolute Gasteiger partial charge is 0.230 e. The molecule has 1 aliphatic carbocycles. The number of nitrogens with one attached hydrogen (secondary N) is 2. The minimum absolute atomic E-state index is 0.122. The van der Waals surface area contributed by atoms with E-state index >= 15 is 0 Å². The normalized spacial score (nSPS) is 16.6. The van der Waals surface area contributed by atoms with E-state index in [2.05, 4.69) is 27.8 Å². The van der Waals surface area contributed by atoms with Crippen LogP contribution in [0.4, 0.5) is 5.13 Å². The quantitative estimate of drug-likeness (QED) is 0.543. The molecule has 130 valence electrons. The fourth-order valence-corrected chi connectivity index (χ4v) is 4.30. The molecule has 1 saturated carbocycles. The Morgan fingerprint density at radius 1 is 1.22 bits per heavy atom. The van der Waals surface area contributed by atoms with Crippen molar-refractivity contribution in [3.8, 4) is 0 Å². The third-order valence-corrected chi connectivity index (χ3v) is 6.02. The molecule has 0 radical (unpaired) electrons. The Hall–Kier alpha value is -0.820. The van der Waals surface area contributed by atoms with Crippen LogP contribution in [-0.4, -0.2) is 34.4 Å². The minimum Gasteiger partial charge on any atom is -0.360 e. The summed E-state index contributed by atoms with van der Waals surface area (Å²) < 4.78 is 0.858. The van der Waals surface area contributed by atoms with Gasteiger partial charge in [-0.15, -0.1) is 10.2 Å². The van der Waals surface area contributed by atoms with Gasteiger partial charge < -0.3 is 10.6 Å². The second-order valence-electron chi connectivity index (χ2n) is 6.05. The average Bonchev–Trinajstić information content (AvgIpc) is 2.96. The average molecular weight is 357 g/mol. The number of rotatable bonds is 8. The predicted octanol–water partition coefficient (Wildman–Crippen LogP) is 4.07. The molecule has 5 nitrogen and oxygen atoms in total. The zero-order valence-electron chi connectivity index (χ0n) is 14.0. The van der Waals surface area contributed by atoms with Crippen LogP contribution in [0.1, 0.15) is 64.7 Å². The van der Waals surface area contributed by atoms with Crippen LogP contribution in [0, 0.1) is 0 Å². The zero-order chi connectivity index (χ0) is 16.3. The van der Waals surface area contributed by atoms with Gasteiger partial charge in [-0.05, 0) is 19.3 Å². The van der Waals surface area contributed by atoms with E-state index in [1.807, 2.05) is 0 Å². The Balaban J connectivity index is 1.67. The molecule has 1 amide bonds. The van der Waals surface area contributed by atoms with E-state index in [1.54, 1.807) is 0 Å². The molecule has 1 heterocycles. The fraction of sp³-hybridized carbons (Fsp3) is 0.812. The van der Waals surface area contributed by atoms with Gasteiger partial charge in [0.25, 0.3) is 0 Å². The lowest BCUT2D eigenvalue weighted by Crippen LogP contribution is -2.36. The Morgan fingerprint density at radius 3 is 2.70 bits per heavy atom. The van der Waals surface area contributed by atoms with Crippen molar-refractivity contribution in [2.45, 2.75) is 75.1 Å². The molecule has 1 aliphatic rings. The summed E-state index contributed by atoms with van der Waals surface area (Å²) in [6, 6.07) is 0.365. The molecule has 2 rings (SSSR count). The first-order valence-corrected chi connectivity index (χ1v) is 10.6. The van der Waals surface area contributed by atoms with Crippen molar-refractivity contribution < 1.29 is 4.79 Å². The van der Waals surface area contributed by atoms with Gasteiger partial charge in [0.05, 0.1) is 5.75 Å². The lowest BCUT2D eigenvalue weighted by Gasteiger charge is -2.20. The van der Waals surface area contributed by atoms with E-state index < -0.39 is 0 Å². The van der Waals surface area contributed by atoms with Gasteiger partial charge in [0.2, 0.25) is 11.0 Å². The highest BCUT2D eigenvalue weighted by Crippen LogP contribution is 2.25. The first kappa shape index (κ1) is 18.5. The van der Waals surface area contributed by atoms with Crippen LogP contribution in [0.2, 0.25) is 0 Å². The number of nitrogens with zero attached hydrogens (tertiary/aromatic N) is 2. The number of aromatic nitrogens is 2. The van der Waals surface area contributed by atoms with Crippen molar-refractivity contribution in [2.24, 2.45) is 0 Å². The van der Waals surface area contributed by atoms with Crippen molar-refractivity contribution >= 4 is 34.1 Å². The van der Waals surface area contributed by atoms with Crippen LogP contribution < -0.4 is 10.6 Å². The molecular formula is C16H28N4OS2. The monoisotopic (exact) mass is 356 g/mol. The molecule has 0 aliphatic heterocycles. The summed E-state index contributed by atoms with van der Waals surface area (Å²) in [5, 5.41) is 15.5. The number of amides is 1. The summed E-state index contributed by atoms with van der Waals surface area (Å²) in [4.78, 5) is 12.1. The number of unbranched alkanes of at least 4 members (excludes halogenated alkanes) is 1. The van der Waals surface area contributed by atoms with E-state index in [0.29, 0.717) is 11.8 Å². The fourth-order valence-electron chi connectivity index (χ4n) is 2.71. The minimum atomic E-state index is 0.122. The van der Waals surface area contributed by atoms with E-state index in [0.717, 1.165) is 41.7 Å². The third kappa shape index (κ3) is 7.52. The van der Waals surface area contributed by atoms with Crippen LogP contribution in [0.5, 0.6) is 0 Å². The molecule has 0 atom stereocenters. The molecular weight excluding hydrogens is 328 g/mol. The van der Waals surface area contributed by atoms with Gasteiger partial charge in [-0.2, -0.15) is 0 Å². The predicted molar refractivity (Wildman–Crippen MR) is 98.3 cm³/mol. The maximum atomic E-state index is 12.1. The Labute approximate surface area is 147 Å². The van der Waals surface area contributed by atoms with Crippen molar-refractivity contribution in [2.75, 3.05) is 17.6 Å². The summed E-state index contributed by atoms with van der Waals surface area (Å²) in [5.41, 5.74) is 0. The molecule has 0 unspecified atom stereocenters. The summed E-state index contributed by atoms with van der Waals surface area (Å²) in [7, 11) is 0. The molecule has 0 spiro atoms. The molecule has 1 aromatic heterocycles.